The third kappa shape index (κ3) is 2.22. The molecular weight excluding hydrogens is 264 g/mol. The summed E-state index contributed by atoms with van der Waals surface area (Å²) in [7, 11) is 0. The first kappa shape index (κ1) is 12.9. The maximum absolute atomic E-state index is 12.6. The summed E-state index contributed by atoms with van der Waals surface area (Å²) in [6.45, 7) is 2.07. The maximum atomic E-state index is 12.6. The monoisotopic (exact) mass is 286 g/mol. The Labute approximate surface area is 125 Å². The molecule has 20 heavy (non-hydrogen) atoms. The molecule has 0 saturated heterocycles. The summed E-state index contributed by atoms with van der Waals surface area (Å²) in [5.74, 6) is 2.75. The van der Waals surface area contributed by atoms with Crippen molar-refractivity contribution in [3.05, 3.63) is 35.4 Å². The van der Waals surface area contributed by atoms with E-state index in [1.54, 1.807) is 11.8 Å². The first-order chi connectivity index (χ1) is 9.62. The fourth-order valence-corrected chi connectivity index (χ4v) is 6.71. The predicted molar refractivity (Wildman–Crippen MR) is 84.0 cm³/mol. The number of aryl methyl sites for hydroxylation is 1. The molecule has 0 amide bonds. The highest BCUT2D eigenvalue weighted by atomic mass is 32.2. The fraction of sp³-hybridized carbons (Fsp3) is 0.611. The molecule has 0 spiro atoms. The Kier molecular flexibility index (Phi) is 2.99. The Morgan fingerprint density at radius 2 is 1.50 bits per heavy atom. The largest absolute Gasteiger partial charge is 0.282 e. The molecule has 4 aliphatic carbocycles. The lowest BCUT2D eigenvalue weighted by Crippen LogP contribution is -2.49. The second-order valence-corrected chi connectivity index (χ2v) is 8.80. The highest BCUT2D eigenvalue weighted by Gasteiger charge is 2.52. The third-order valence-electron chi connectivity index (χ3n) is 5.58. The summed E-state index contributed by atoms with van der Waals surface area (Å²) in [4.78, 5) is 12.6. The molecule has 1 aromatic rings. The fourth-order valence-electron chi connectivity index (χ4n) is 5.10. The molecule has 106 valence electrons. The zero-order chi connectivity index (χ0) is 13.7. The van der Waals surface area contributed by atoms with E-state index in [0.29, 0.717) is 5.12 Å². The zero-order valence-corrected chi connectivity index (χ0v) is 12.9. The molecule has 1 aromatic carbocycles. The van der Waals surface area contributed by atoms with Crippen LogP contribution in [0, 0.1) is 24.7 Å². The molecule has 1 nitrogen and oxygen atoms in total. The van der Waals surface area contributed by atoms with E-state index in [4.69, 9.17) is 0 Å². The summed E-state index contributed by atoms with van der Waals surface area (Å²) >= 11 is 1.68. The molecule has 5 rings (SSSR count). The van der Waals surface area contributed by atoms with E-state index in [-0.39, 0.29) is 4.75 Å². The minimum absolute atomic E-state index is 0.288. The molecule has 4 bridgehead atoms. The quantitative estimate of drug-likeness (QED) is 0.774. The van der Waals surface area contributed by atoms with Crippen LogP contribution in [-0.4, -0.2) is 9.86 Å². The third-order valence-corrected chi connectivity index (χ3v) is 6.93. The van der Waals surface area contributed by atoms with E-state index in [1.165, 1.54) is 44.1 Å². The Morgan fingerprint density at radius 3 is 2.00 bits per heavy atom. The van der Waals surface area contributed by atoms with Crippen LogP contribution in [0.2, 0.25) is 0 Å². The minimum atomic E-state index is 0.288. The zero-order valence-electron chi connectivity index (χ0n) is 12.1. The number of benzene rings is 1. The van der Waals surface area contributed by atoms with E-state index in [9.17, 15) is 4.79 Å². The number of carbonyl (C=O) groups excluding carboxylic acids is 1. The molecule has 0 unspecified atom stereocenters. The molecule has 4 fully saturated rings. The molecule has 0 aromatic heterocycles. The second-order valence-electron chi connectivity index (χ2n) is 7.36. The van der Waals surface area contributed by atoms with Crippen LogP contribution in [0.4, 0.5) is 0 Å². The van der Waals surface area contributed by atoms with Gasteiger partial charge in [0.15, 0.2) is 0 Å². The van der Waals surface area contributed by atoms with E-state index >= 15 is 0 Å². The van der Waals surface area contributed by atoms with Crippen molar-refractivity contribution >= 4 is 16.9 Å². The topological polar surface area (TPSA) is 17.1 Å². The van der Waals surface area contributed by atoms with Gasteiger partial charge in [0, 0.05) is 10.3 Å². The highest BCUT2D eigenvalue weighted by Crippen LogP contribution is 2.60. The van der Waals surface area contributed by atoms with Gasteiger partial charge in [-0.25, -0.2) is 0 Å². The van der Waals surface area contributed by atoms with Crippen LogP contribution in [0.3, 0.4) is 0 Å². The van der Waals surface area contributed by atoms with E-state index in [2.05, 4.69) is 6.92 Å². The van der Waals surface area contributed by atoms with Gasteiger partial charge < -0.3 is 0 Å². The molecule has 0 N–H and O–H groups in total. The van der Waals surface area contributed by atoms with Gasteiger partial charge in [-0.2, -0.15) is 0 Å². The number of rotatable bonds is 2. The Morgan fingerprint density at radius 1 is 1.00 bits per heavy atom. The Balaban J connectivity index is 1.53. The summed E-state index contributed by atoms with van der Waals surface area (Å²) in [5, 5.41) is 0.298. The normalized spacial score (nSPS) is 38.1. The van der Waals surface area contributed by atoms with Crippen molar-refractivity contribution in [2.75, 3.05) is 0 Å². The molecule has 0 atom stereocenters. The van der Waals surface area contributed by atoms with Gasteiger partial charge in [0.05, 0.1) is 0 Å². The van der Waals surface area contributed by atoms with Crippen LogP contribution < -0.4 is 0 Å². The number of carbonyl (C=O) groups is 1. The van der Waals surface area contributed by atoms with Gasteiger partial charge in [-0.05, 0) is 63.2 Å². The van der Waals surface area contributed by atoms with Gasteiger partial charge in [0.25, 0.3) is 0 Å². The van der Waals surface area contributed by atoms with Gasteiger partial charge in [-0.3, -0.25) is 4.79 Å². The van der Waals surface area contributed by atoms with Crippen molar-refractivity contribution in [3.8, 4) is 0 Å². The first-order valence-corrected chi connectivity index (χ1v) is 8.74. The van der Waals surface area contributed by atoms with Crippen molar-refractivity contribution in [1.82, 2.24) is 0 Å². The summed E-state index contributed by atoms with van der Waals surface area (Å²) < 4.78 is 0.288. The SMILES string of the molecule is Cc1ccc(C(=O)SC23CC4CC(CC(C4)C2)C3)cc1. The van der Waals surface area contributed by atoms with Gasteiger partial charge >= 0.3 is 0 Å². The average Bonchev–Trinajstić information content (AvgIpc) is 2.37. The van der Waals surface area contributed by atoms with Gasteiger partial charge in [0.2, 0.25) is 5.12 Å². The van der Waals surface area contributed by atoms with Crippen LogP contribution in [-0.2, 0) is 0 Å². The molecule has 0 radical (unpaired) electrons. The predicted octanol–water partition coefficient (Wildman–Crippen LogP) is 4.84. The number of hydrogen-bond donors (Lipinski definition) is 0. The van der Waals surface area contributed by atoms with Crippen molar-refractivity contribution < 1.29 is 4.79 Å². The summed E-state index contributed by atoms with van der Waals surface area (Å²) in [6, 6.07) is 8.08. The number of thioether (sulfide) groups is 1. The van der Waals surface area contributed by atoms with Crippen LogP contribution in [0.5, 0.6) is 0 Å². The van der Waals surface area contributed by atoms with E-state index in [1.807, 2.05) is 24.3 Å². The Hall–Kier alpha value is -0.760. The van der Waals surface area contributed by atoms with Crippen molar-refractivity contribution in [3.63, 3.8) is 0 Å². The van der Waals surface area contributed by atoms with Crippen LogP contribution in [0.25, 0.3) is 0 Å². The second kappa shape index (κ2) is 4.62. The van der Waals surface area contributed by atoms with Crippen LogP contribution >= 0.6 is 11.8 Å². The smallest absolute Gasteiger partial charge is 0.219 e. The van der Waals surface area contributed by atoms with Crippen molar-refractivity contribution in [2.24, 2.45) is 17.8 Å². The summed E-state index contributed by atoms with van der Waals surface area (Å²) in [6.07, 6.45) is 8.21. The van der Waals surface area contributed by atoms with Crippen molar-refractivity contribution in [2.45, 2.75) is 50.2 Å². The number of hydrogen-bond acceptors (Lipinski definition) is 2. The van der Waals surface area contributed by atoms with Crippen LogP contribution in [0.15, 0.2) is 24.3 Å². The lowest BCUT2D eigenvalue weighted by Gasteiger charge is -2.56. The van der Waals surface area contributed by atoms with Gasteiger partial charge in [-0.15, -0.1) is 0 Å². The maximum Gasteiger partial charge on any atom is 0.219 e. The molecular formula is C18H22OS. The highest BCUT2D eigenvalue weighted by molar-refractivity contribution is 8.15. The molecule has 2 heteroatoms. The molecule has 0 aliphatic heterocycles. The standard InChI is InChI=1S/C18H22OS/c1-12-2-4-16(5-3-12)17(19)20-18-9-13-6-14(10-18)8-15(7-13)11-18/h2-5,13-15H,6-11H2,1H3. The Bertz CT molecular complexity index is 496. The van der Waals surface area contributed by atoms with E-state index in [0.717, 1.165) is 23.3 Å². The van der Waals surface area contributed by atoms with Gasteiger partial charge in [0.1, 0.15) is 0 Å². The lowest BCUT2D eigenvalue weighted by molar-refractivity contribution is 0.0382. The average molecular weight is 286 g/mol. The first-order valence-electron chi connectivity index (χ1n) is 7.92. The molecule has 0 heterocycles. The van der Waals surface area contributed by atoms with Crippen molar-refractivity contribution in [1.29, 1.82) is 0 Å². The molecule has 4 aliphatic rings. The minimum Gasteiger partial charge on any atom is -0.282 e. The molecule has 4 saturated carbocycles. The van der Waals surface area contributed by atoms with Crippen LogP contribution in [0.1, 0.15) is 54.4 Å². The van der Waals surface area contributed by atoms with Gasteiger partial charge in [-0.1, -0.05) is 41.6 Å². The lowest BCUT2D eigenvalue weighted by atomic mass is 9.56. The van der Waals surface area contributed by atoms with E-state index < -0.39 is 0 Å². The summed E-state index contributed by atoms with van der Waals surface area (Å²) in [5.41, 5.74) is 2.11.